The number of benzene rings is 1. The van der Waals surface area contributed by atoms with Crippen molar-refractivity contribution in [3.05, 3.63) is 65.0 Å². The molecule has 2 aromatic heterocycles. The van der Waals surface area contributed by atoms with E-state index >= 15 is 0 Å². The number of hydrogen-bond acceptors (Lipinski definition) is 6. The standard InChI is InChI=1S/C16H14Cl2FN5O4/c1-7(2)24-16(27)28-12(21-24)5-9-10(17)3-8(4-11(9)18)13-14(25)20-15(26)23(6-19)22-13/h3-4,7H,5-6H2,1-2H3,(H,20,25,26). The van der Waals surface area contributed by atoms with E-state index in [-0.39, 0.29) is 39.7 Å². The molecule has 3 rings (SSSR count). The summed E-state index contributed by atoms with van der Waals surface area (Å²) in [6, 6.07) is 2.61. The van der Waals surface area contributed by atoms with Crippen molar-refractivity contribution in [2.75, 3.05) is 0 Å². The van der Waals surface area contributed by atoms with Gasteiger partial charge in [0.15, 0.2) is 12.5 Å². The van der Waals surface area contributed by atoms with Gasteiger partial charge in [0.25, 0.3) is 5.56 Å². The summed E-state index contributed by atoms with van der Waals surface area (Å²) in [5, 5.41) is 8.08. The fourth-order valence-corrected chi connectivity index (χ4v) is 3.11. The summed E-state index contributed by atoms with van der Waals surface area (Å²) in [5.74, 6) is -0.477. The molecule has 28 heavy (non-hydrogen) atoms. The molecule has 0 bridgehead atoms. The van der Waals surface area contributed by atoms with Crippen LogP contribution in [0.5, 0.6) is 0 Å². The Kier molecular flexibility index (Phi) is 5.52. The van der Waals surface area contributed by atoms with Crippen molar-refractivity contribution >= 4 is 23.2 Å². The van der Waals surface area contributed by atoms with E-state index in [2.05, 4.69) is 10.2 Å². The van der Waals surface area contributed by atoms with Gasteiger partial charge in [0.2, 0.25) is 5.89 Å². The molecule has 1 aromatic carbocycles. The average Bonchev–Trinajstić information content (AvgIpc) is 2.99. The first kappa shape index (κ1) is 20.0. The van der Waals surface area contributed by atoms with Crippen molar-refractivity contribution in [1.29, 1.82) is 0 Å². The third-order valence-corrected chi connectivity index (χ3v) is 4.52. The van der Waals surface area contributed by atoms with Crippen LogP contribution in [0.15, 0.2) is 30.9 Å². The Bertz CT molecular complexity index is 1190. The van der Waals surface area contributed by atoms with Gasteiger partial charge < -0.3 is 4.42 Å². The van der Waals surface area contributed by atoms with Gasteiger partial charge in [0.05, 0.1) is 12.5 Å². The average molecular weight is 430 g/mol. The van der Waals surface area contributed by atoms with Crippen LogP contribution in [-0.2, 0) is 13.2 Å². The van der Waals surface area contributed by atoms with E-state index in [0.717, 1.165) is 0 Å². The normalized spacial score (nSPS) is 11.4. The molecule has 0 aliphatic rings. The molecule has 0 fully saturated rings. The third-order valence-electron chi connectivity index (χ3n) is 3.85. The Hall–Kier alpha value is -2.72. The molecule has 0 aliphatic heterocycles. The molecule has 2 heterocycles. The largest absolute Gasteiger partial charge is 0.437 e. The molecule has 0 atom stereocenters. The van der Waals surface area contributed by atoms with Gasteiger partial charge in [-0.2, -0.15) is 14.5 Å². The molecule has 0 amide bonds. The number of alkyl halides is 1. The van der Waals surface area contributed by atoms with Crippen LogP contribution in [0.4, 0.5) is 4.39 Å². The summed E-state index contributed by atoms with van der Waals surface area (Å²) in [6.45, 7) is 2.35. The van der Waals surface area contributed by atoms with Crippen LogP contribution in [0.25, 0.3) is 11.3 Å². The minimum Gasteiger partial charge on any atom is -0.392 e. The topological polar surface area (TPSA) is 116 Å². The molecule has 0 saturated carbocycles. The quantitative estimate of drug-likeness (QED) is 0.663. The summed E-state index contributed by atoms with van der Waals surface area (Å²) >= 11 is 12.6. The molecular formula is C16H14Cl2FN5O4. The van der Waals surface area contributed by atoms with Crippen LogP contribution in [0.3, 0.4) is 0 Å². The van der Waals surface area contributed by atoms with E-state index in [9.17, 15) is 18.8 Å². The summed E-state index contributed by atoms with van der Waals surface area (Å²) in [6.07, 6.45) is 0.0423. The molecular weight excluding hydrogens is 416 g/mol. The molecule has 1 N–H and O–H groups in total. The lowest BCUT2D eigenvalue weighted by atomic mass is 10.1. The second kappa shape index (κ2) is 7.72. The molecule has 0 radical (unpaired) electrons. The smallest absolute Gasteiger partial charge is 0.392 e. The van der Waals surface area contributed by atoms with Crippen molar-refractivity contribution < 1.29 is 8.81 Å². The van der Waals surface area contributed by atoms with E-state index in [0.29, 0.717) is 10.2 Å². The summed E-state index contributed by atoms with van der Waals surface area (Å²) < 4.78 is 19.6. The van der Waals surface area contributed by atoms with E-state index in [1.54, 1.807) is 13.8 Å². The van der Waals surface area contributed by atoms with Crippen molar-refractivity contribution in [2.45, 2.75) is 33.1 Å². The fourth-order valence-electron chi connectivity index (χ4n) is 2.49. The highest BCUT2D eigenvalue weighted by Gasteiger charge is 2.18. The van der Waals surface area contributed by atoms with Gasteiger partial charge in [-0.1, -0.05) is 23.2 Å². The zero-order valence-electron chi connectivity index (χ0n) is 14.7. The number of aromatic nitrogens is 5. The second-order valence-electron chi connectivity index (χ2n) is 6.12. The van der Waals surface area contributed by atoms with Gasteiger partial charge in [-0.3, -0.25) is 9.78 Å². The Labute approximate surface area is 166 Å². The second-order valence-corrected chi connectivity index (χ2v) is 6.94. The molecule has 0 aliphatic carbocycles. The highest BCUT2D eigenvalue weighted by molar-refractivity contribution is 6.36. The molecule has 12 heteroatoms. The Morgan fingerprint density at radius 2 is 1.82 bits per heavy atom. The first-order valence-electron chi connectivity index (χ1n) is 8.05. The number of rotatable bonds is 5. The number of nitrogens with zero attached hydrogens (tertiary/aromatic N) is 4. The zero-order chi connectivity index (χ0) is 20.6. The molecule has 148 valence electrons. The van der Waals surface area contributed by atoms with Gasteiger partial charge in [-0.05, 0) is 31.5 Å². The Balaban J connectivity index is 2.03. The number of aromatic amines is 1. The van der Waals surface area contributed by atoms with Gasteiger partial charge in [-0.25, -0.2) is 14.0 Å². The van der Waals surface area contributed by atoms with Crippen LogP contribution in [-0.4, -0.2) is 24.5 Å². The lowest BCUT2D eigenvalue weighted by Crippen LogP contribution is -2.32. The van der Waals surface area contributed by atoms with Crippen molar-refractivity contribution in [2.24, 2.45) is 0 Å². The lowest BCUT2D eigenvalue weighted by molar-refractivity contribution is 0.332. The van der Waals surface area contributed by atoms with E-state index in [4.69, 9.17) is 27.6 Å². The van der Waals surface area contributed by atoms with Gasteiger partial charge in [0, 0.05) is 15.6 Å². The molecule has 3 aromatic rings. The summed E-state index contributed by atoms with van der Waals surface area (Å²) in [5.41, 5.74) is -1.39. The number of hydrogen-bond donors (Lipinski definition) is 1. The van der Waals surface area contributed by atoms with Crippen LogP contribution in [0.2, 0.25) is 10.0 Å². The SMILES string of the molecule is CC(C)n1nc(Cc2c(Cl)cc(-c3nn(CF)c(=O)[nH]c3=O)cc2Cl)oc1=O. The Morgan fingerprint density at radius 1 is 1.18 bits per heavy atom. The Morgan fingerprint density at radius 3 is 2.36 bits per heavy atom. The fraction of sp³-hybridized carbons (Fsp3) is 0.312. The molecule has 0 unspecified atom stereocenters. The van der Waals surface area contributed by atoms with Crippen molar-refractivity contribution in [3.63, 3.8) is 0 Å². The first-order valence-corrected chi connectivity index (χ1v) is 8.81. The molecule has 0 saturated heterocycles. The predicted octanol–water partition coefficient (Wildman–Crippen LogP) is 2.15. The summed E-state index contributed by atoms with van der Waals surface area (Å²) in [7, 11) is 0. The van der Waals surface area contributed by atoms with Gasteiger partial charge in [0.1, 0.15) is 0 Å². The number of halogens is 3. The monoisotopic (exact) mass is 429 g/mol. The minimum absolute atomic E-state index is 0.0423. The maximum Gasteiger partial charge on any atom is 0.437 e. The highest BCUT2D eigenvalue weighted by atomic mass is 35.5. The van der Waals surface area contributed by atoms with Crippen LogP contribution < -0.4 is 17.0 Å². The maximum absolute atomic E-state index is 12.9. The van der Waals surface area contributed by atoms with Crippen LogP contribution in [0, 0.1) is 0 Å². The zero-order valence-corrected chi connectivity index (χ0v) is 16.2. The first-order chi connectivity index (χ1) is 13.2. The van der Waals surface area contributed by atoms with E-state index in [1.807, 2.05) is 4.98 Å². The minimum atomic E-state index is -1.21. The maximum atomic E-state index is 12.9. The van der Waals surface area contributed by atoms with Crippen LogP contribution in [0.1, 0.15) is 31.3 Å². The van der Waals surface area contributed by atoms with Gasteiger partial charge in [-0.15, -0.1) is 5.10 Å². The van der Waals surface area contributed by atoms with Crippen LogP contribution >= 0.6 is 23.2 Å². The third kappa shape index (κ3) is 3.78. The lowest BCUT2D eigenvalue weighted by Gasteiger charge is -2.09. The van der Waals surface area contributed by atoms with Crippen molar-refractivity contribution in [3.8, 4) is 11.3 Å². The van der Waals surface area contributed by atoms with Crippen molar-refractivity contribution in [1.82, 2.24) is 24.5 Å². The highest BCUT2D eigenvalue weighted by Crippen LogP contribution is 2.31. The van der Waals surface area contributed by atoms with Gasteiger partial charge >= 0.3 is 11.4 Å². The number of H-pyrrole nitrogens is 1. The molecule has 9 nitrogen and oxygen atoms in total. The summed E-state index contributed by atoms with van der Waals surface area (Å²) in [4.78, 5) is 37.2. The number of nitrogens with one attached hydrogen (secondary N) is 1. The molecule has 0 spiro atoms. The van der Waals surface area contributed by atoms with E-state index < -0.39 is 23.8 Å². The predicted molar refractivity (Wildman–Crippen MR) is 99.6 cm³/mol. The van der Waals surface area contributed by atoms with E-state index in [1.165, 1.54) is 16.8 Å².